The minimum Gasteiger partial charge on any atom is -0.493 e. The van der Waals surface area contributed by atoms with Gasteiger partial charge in [0.05, 0.1) is 13.2 Å². The first-order valence-corrected chi connectivity index (χ1v) is 12.4. The maximum Gasteiger partial charge on any atom is 0.218 e. The lowest BCUT2D eigenvalue weighted by Crippen LogP contribution is -2.25. The molecule has 0 fully saturated rings. The highest BCUT2D eigenvalue weighted by molar-refractivity contribution is 7.61. The fraction of sp³-hybridized carbons (Fsp3) is 0.348. The Bertz CT molecular complexity index is 905. The number of ketones is 2. The SMILES string of the molecule is CC(=O)c1ccc(OCCP(=O)(CCOc2ccc(C(C)=O)cc2)NCCC(N)=O)cc1. The van der Waals surface area contributed by atoms with E-state index in [9.17, 15) is 18.9 Å². The molecule has 0 unspecified atom stereocenters. The number of rotatable bonds is 14. The van der Waals surface area contributed by atoms with Crippen LogP contribution >= 0.6 is 7.29 Å². The van der Waals surface area contributed by atoms with Crippen LogP contribution in [0.1, 0.15) is 41.0 Å². The van der Waals surface area contributed by atoms with Gasteiger partial charge in [-0.3, -0.25) is 19.5 Å². The average Bonchev–Trinajstić information content (AvgIpc) is 2.74. The van der Waals surface area contributed by atoms with Gasteiger partial charge < -0.3 is 19.8 Å². The molecule has 8 nitrogen and oxygen atoms in total. The maximum absolute atomic E-state index is 13.3. The first-order valence-electron chi connectivity index (χ1n) is 10.3. The highest BCUT2D eigenvalue weighted by atomic mass is 31.2. The van der Waals surface area contributed by atoms with Gasteiger partial charge in [-0.05, 0) is 62.4 Å². The average molecular weight is 460 g/mol. The number of amides is 1. The minimum absolute atomic E-state index is 0.0318. The second-order valence-corrected chi connectivity index (χ2v) is 10.3. The molecule has 0 saturated carbocycles. The van der Waals surface area contributed by atoms with Crippen molar-refractivity contribution in [1.82, 2.24) is 5.09 Å². The van der Waals surface area contributed by atoms with Crippen molar-refractivity contribution in [2.75, 3.05) is 32.1 Å². The molecule has 2 aromatic rings. The van der Waals surface area contributed by atoms with Crippen molar-refractivity contribution in [1.29, 1.82) is 0 Å². The van der Waals surface area contributed by atoms with Crippen LogP contribution in [0.5, 0.6) is 11.5 Å². The number of benzene rings is 2. The number of carbonyl (C=O) groups is 3. The van der Waals surface area contributed by atoms with E-state index in [2.05, 4.69) is 5.09 Å². The largest absolute Gasteiger partial charge is 0.493 e. The van der Waals surface area contributed by atoms with Crippen molar-refractivity contribution in [3.8, 4) is 11.5 Å². The molecule has 0 spiro atoms. The molecule has 32 heavy (non-hydrogen) atoms. The summed E-state index contributed by atoms with van der Waals surface area (Å²) >= 11 is 0. The Morgan fingerprint density at radius 3 is 1.56 bits per heavy atom. The molecule has 0 atom stereocenters. The molecule has 2 rings (SSSR count). The number of carbonyl (C=O) groups excluding carboxylic acids is 3. The second-order valence-electron chi connectivity index (χ2n) is 7.32. The van der Waals surface area contributed by atoms with Gasteiger partial charge in [0.25, 0.3) is 0 Å². The molecule has 3 N–H and O–H groups in total. The molecule has 0 aliphatic rings. The summed E-state index contributed by atoms with van der Waals surface area (Å²) in [5.41, 5.74) is 6.35. The summed E-state index contributed by atoms with van der Waals surface area (Å²) in [4.78, 5) is 33.7. The molecule has 2 aromatic carbocycles. The summed E-state index contributed by atoms with van der Waals surface area (Å²) < 4.78 is 24.7. The highest BCUT2D eigenvalue weighted by Gasteiger charge is 2.22. The molecule has 9 heteroatoms. The fourth-order valence-electron chi connectivity index (χ4n) is 2.85. The molecule has 0 aliphatic heterocycles. The van der Waals surface area contributed by atoms with Crippen LogP contribution in [0.25, 0.3) is 0 Å². The number of ether oxygens (including phenoxy) is 2. The molecule has 0 bridgehead atoms. The third kappa shape index (κ3) is 8.65. The minimum atomic E-state index is -2.92. The zero-order valence-corrected chi connectivity index (χ0v) is 19.2. The van der Waals surface area contributed by atoms with Crippen LogP contribution in [0.3, 0.4) is 0 Å². The number of nitrogens with two attached hydrogens (primary N) is 1. The van der Waals surface area contributed by atoms with Gasteiger partial charge in [0.2, 0.25) is 5.91 Å². The lowest BCUT2D eigenvalue weighted by atomic mass is 10.1. The molecular formula is C23H29N2O6P. The third-order valence-corrected chi connectivity index (χ3v) is 7.35. The van der Waals surface area contributed by atoms with Crippen LogP contribution in [0.2, 0.25) is 0 Å². The van der Waals surface area contributed by atoms with E-state index in [4.69, 9.17) is 15.2 Å². The van der Waals surface area contributed by atoms with Crippen molar-refractivity contribution in [3.63, 3.8) is 0 Å². The predicted octanol–water partition coefficient (Wildman–Crippen LogP) is 3.29. The quantitative estimate of drug-likeness (QED) is 0.327. The Kier molecular flexibility index (Phi) is 9.62. The van der Waals surface area contributed by atoms with Crippen LogP contribution in [0.4, 0.5) is 0 Å². The number of hydrogen-bond acceptors (Lipinski definition) is 6. The Balaban J connectivity index is 1.91. The summed E-state index contributed by atoms with van der Waals surface area (Å²) in [5, 5.41) is 2.95. The molecule has 0 aliphatic carbocycles. The molecule has 0 aromatic heterocycles. The van der Waals surface area contributed by atoms with Crippen molar-refractivity contribution < 1.29 is 28.4 Å². The normalized spacial score (nSPS) is 11.1. The zero-order valence-electron chi connectivity index (χ0n) is 18.3. The van der Waals surface area contributed by atoms with E-state index in [0.29, 0.717) is 22.6 Å². The van der Waals surface area contributed by atoms with Crippen molar-refractivity contribution in [2.24, 2.45) is 5.73 Å². The van der Waals surface area contributed by atoms with Crippen molar-refractivity contribution in [2.45, 2.75) is 20.3 Å². The van der Waals surface area contributed by atoms with E-state index in [1.807, 2.05) is 0 Å². The van der Waals surface area contributed by atoms with Gasteiger partial charge in [0.15, 0.2) is 18.9 Å². The molecule has 1 amide bonds. The number of nitrogens with one attached hydrogen (secondary N) is 1. The fourth-order valence-corrected chi connectivity index (χ4v) is 4.68. The summed E-state index contributed by atoms with van der Waals surface area (Å²) in [6.07, 6.45) is 0.532. The van der Waals surface area contributed by atoms with E-state index in [1.165, 1.54) is 13.8 Å². The lowest BCUT2D eigenvalue weighted by molar-refractivity contribution is -0.117. The second kappa shape index (κ2) is 12.2. The van der Waals surface area contributed by atoms with E-state index in [1.54, 1.807) is 48.5 Å². The third-order valence-electron chi connectivity index (χ3n) is 4.74. The summed E-state index contributed by atoms with van der Waals surface area (Å²) in [6.45, 7) is 3.56. The molecule has 0 radical (unpaired) electrons. The van der Waals surface area contributed by atoms with Crippen molar-refractivity contribution in [3.05, 3.63) is 59.7 Å². The van der Waals surface area contributed by atoms with Gasteiger partial charge in [-0.25, -0.2) is 0 Å². The van der Waals surface area contributed by atoms with E-state index < -0.39 is 13.2 Å². The predicted molar refractivity (Wildman–Crippen MR) is 123 cm³/mol. The number of primary amides is 1. The van der Waals surface area contributed by atoms with Crippen LogP contribution in [0, 0.1) is 0 Å². The lowest BCUT2D eigenvalue weighted by Gasteiger charge is -2.20. The molecule has 172 valence electrons. The topological polar surface area (TPSA) is 125 Å². The Morgan fingerprint density at radius 1 is 0.812 bits per heavy atom. The van der Waals surface area contributed by atoms with E-state index in [-0.39, 0.29) is 50.1 Å². The van der Waals surface area contributed by atoms with Gasteiger partial charge in [-0.15, -0.1) is 0 Å². The van der Waals surface area contributed by atoms with Crippen LogP contribution in [-0.4, -0.2) is 49.6 Å². The van der Waals surface area contributed by atoms with Crippen molar-refractivity contribution >= 4 is 24.8 Å². The molecule has 0 heterocycles. The highest BCUT2D eigenvalue weighted by Crippen LogP contribution is 2.40. The van der Waals surface area contributed by atoms with Crippen LogP contribution < -0.4 is 20.3 Å². The first kappa shape index (κ1) is 25.3. The van der Waals surface area contributed by atoms with E-state index >= 15 is 0 Å². The van der Waals surface area contributed by atoms with Gasteiger partial charge in [0.1, 0.15) is 11.5 Å². The summed E-state index contributed by atoms with van der Waals surface area (Å²) in [5.74, 6) is 0.597. The number of hydrogen-bond donors (Lipinski definition) is 2. The molecular weight excluding hydrogens is 431 g/mol. The Labute approximate surface area is 187 Å². The van der Waals surface area contributed by atoms with Gasteiger partial charge >= 0.3 is 0 Å². The standard InChI is InChI=1S/C23H29N2O6P/c1-17(26)19-3-7-21(8-4-19)30-13-15-32(29,25-12-11-23(24)28)16-14-31-22-9-5-20(6-10-22)18(2)27/h3-10H,11-16H2,1-2H3,(H2,24,28)(H,25,29). The zero-order chi connectivity index (χ0) is 23.6. The Morgan fingerprint density at radius 2 is 1.22 bits per heavy atom. The monoisotopic (exact) mass is 460 g/mol. The Hall–Kier alpha value is -2.96. The maximum atomic E-state index is 13.3. The van der Waals surface area contributed by atoms with Gasteiger partial charge in [-0.1, -0.05) is 0 Å². The van der Waals surface area contributed by atoms with E-state index in [0.717, 1.165) is 0 Å². The molecule has 0 saturated heterocycles. The summed E-state index contributed by atoms with van der Waals surface area (Å²) in [7, 11) is -2.92. The smallest absolute Gasteiger partial charge is 0.218 e. The summed E-state index contributed by atoms with van der Waals surface area (Å²) in [6, 6.07) is 13.5. The van der Waals surface area contributed by atoms with Crippen LogP contribution in [0.15, 0.2) is 48.5 Å². The number of Topliss-reactive ketones (excluding diaryl/α,β-unsaturated/α-hetero) is 2. The van der Waals surface area contributed by atoms with Crippen LogP contribution in [-0.2, 0) is 9.36 Å². The van der Waals surface area contributed by atoms with Gasteiger partial charge in [0, 0.05) is 36.4 Å². The first-order chi connectivity index (χ1) is 15.2. The van der Waals surface area contributed by atoms with Gasteiger partial charge in [-0.2, -0.15) is 0 Å².